The first kappa shape index (κ1) is 16.5. The molecule has 1 nitrogen and oxygen atoms in total. The summed E-state index contributed by atoms with van der Waals surface area (Å²) in [7, 11) is 1.92. The van der Waals surface area contributed by atoms with Crippen molar-refractivity contribution >= 4 is 27.5 Å². The Morgan fingerprint density at radius 2 is 2.00 bits per heavy atom. The van der Waals surface area contributed by atoms with E-state index in [9.17, 15) is 4.39 Å². The van der Waals surface area contributed by atoms with Gasteiger partial charge in [-0.25, -0.2) is 4.39 Å². The summed E-state index contributed by atoms with van der Waals surface area (Å²) in [5, 5.41) is 3.93. The van der Waals surface area contributed by atoms with Crippen LogP contribution in [0.3, 0.4) is 0 Å². The lowest BCUT2D eigenvalue weighted by atomic mass is 9.92. The standard InChI is InChI=1S/C17H18BrClFN/c1-21-11-13(7-12-3-2-4-16(19)9-12)8-14-10-15(18)5-6-17(14)20/h2-6,9-10,13,21H,7-8,11H2,1H3. The Labute approximate surface area is 138 Å². The molecular weight excluding hydrogens is 353 g/mol. The first-order valence-corrected chi connectivity index (χ1v) is 8.08. The van der Waals surface area contributed by atoms with E-state index in [1.54, 1.807) is 6.07 Å². The molecule has 0 saturated heterocycles. The van der Waals surface area contributed by atoms with Crippen molar-refractivity contribution in [3.63, 3.8) is 0 Å². The third-order valence-electron chi connectivity index (χ3n) is 3.42. The molecule has 0 radical (unpaired) electrons. The molecule has 0 amide bonds. The van der Waals surface area contributed by atoms with Gasteiger partial charge in [0.05, 0.1) is 0 Å². The van der Waals surface area contributed by atoms with E-state index in [1.807, 2.05) is 31.3 Å². The van der Waals surface area contributed by atoms with Crippen LogP contribution in [0.2, 0.25) is 5.02 Å². The SMILES string of the molecule is CNCC(Cc1cccc(Cl)c1)Cc1cc(Br)ccc1F. The van der Waals surface area contributed by atoms with Gasteiger partial charge < -0.3 is 5.32 Å². The molecule has 1 unspecified atom stereocenters. The minimum atomic E-state index is -0.148. The van der Waals surface area contributed by atoms with Crippen molar-refractivity contribution in [1.29, 1.82) is 0 Å². The Bertz CT molecular complexity index is 603. The number of benzene rings is 2. The fourth-order valence-electron chi connectivity index (χ4n) is 2.51. The van der Waals surface area contributed by atoms with Gasteiger partial charge in [-0.2, -0.15) is 0 Å². The van der Waals surface area contributed by atoms with E-state index in [0.29, 0.717) is 12.3 Å². The molecule has 2 aromatic carbocycles. The van der Waals surface area contributed by atoms with Crippen molar-refractivity contribution in [2.45, 2.75) is 12.8 Å². The maximum Gasteiger partial charge on any atom is 0.126 e. The summed E-state index contributed by atoms with van der Waals surface area (Å²) >= 11 is 9.43. The number of hydrogen-bond donors (Lipinski definition) is 1. The highest BCUT2D eigenvalue weighted by Gasteiger charge is 2.13. The molecule has 0 aromatic heterocycles. The summed E-state index contributed by atoms with van der Waals surface area (Å²) < 4.78 is 14.8. The van der Waals surface area contributed by atoms with Gasteiger partial charge in [0, 0.05) is 9.50 Å². The molecule has 1 atom stereocenters. The predicted octanol–water partition coefficient (Wildman–Crippen LogP) is 4.86. The molecule has 0 heterocycles. The van der Waals surface area contributed by atoms with Gasteiger partial charge in [0.1, 0.15) is 5.82 Å². The van der Waals surface area contributed by atoms with Crippen LogP contribution in [0.5, 0.6) is 0 Å². The third kappa shape index (κ3) is 5.10. The van der Waals surface area contributed by atoms with E-state index >= 15 is 0 Å². The summed E-state index contributed by atoms with van der Waals surface area (Å²) in [6.07, 6.45) is 1.56. The van der Waals surface area contributed by atoms with Crippen LogP contribution in [0.15, 0.2) is 46.9 Å². The molecule has 0 fully saturated rings. The van der Waals surface area contributed by atoms with Gasteiger partial charge in [0.15, 0.2) is 0 Å². The molecule has 21 heavy (non-hydrogen) atoms. The molecule has 0 aliphatic heterocycles. The zero-order valence-corrected chi connectivity index (χ0v) is 14.2. The maximum atomic E-state index is 13.9. The summed E-state index contributed by atoms with van der Waals surface area (Å²) in [4.78, 5) is 0. The smallest absolute Gasteiger partial charge is 0.126 e. The van der Waals surface area contributed by atoms with Gasteiger partial charge in [0.2, 0.25) is 0 Å². The Hall–Kier alpha value is -0.900. The summed E-state index contributed by atoms with van der Waals surface area (Å²) in [5.74, 6) is 0.169. The molecule has 1 N–H and O–H groups in total. The molecule has 0 aliphatic rings. The van der Waals surface area contributed by atoms with Gasteiger partial charge in [-0.05, 0) is 73.8 Å². The highest BCUT2D eigenvalue weighted by molar-refractivity contribution is 9.10. The Morgan fingerprint density at radius 3 is 2.71 bits per heavy atom. The summed E-state index contributed by atoms with van der Waals surface area (Å²) in [6.45, 7) is 0.832. The highest BCUT2D eigenvalue weighted by atomic mass is 79.9. The third-order valence-corrected chi connectivity index (χ3v) is 4.15. The van der Waals surface area contributed by atoms with Crippen molar-refractivity contribution in [1.82, 2.24) is 5.32 Å². The van der Waals surface area contributed by atoms with Crippen LogP contribution in [-0.2, 0) is 12.8 Å². The fraction of sp³-hybridized carbons (Fsp3) is 0.294. The molecule has 112 valence electrons. The molecule has 2 aromatic rings. The van der Waals surface area contributed by atoms with Crippen LogP contribution in [0.25, 0.3) is 0 Å². The molecule has 0 saturated carbocycles. The van der Waals surface area contributed by atoms with Gasteiger partial charge >= 0.3 is 0 Å². The second-order valence-electron chi connectivity index (χ2n) is 5.20. The lowest BCUT2D eigenvalue weighted by Crippen LogP contribution is -2.23. The molecule has 0 spiro atoms. The average Bonchev–Trinajstić information content (AvgIpc) is 2.43. The minimum Gasteiger partial charge on any atom is -0.319 e. The normalized spacial score (nSPS) is 12.4. The monoisotopic (exact) mass is 369 g/mol. The number of nitrogens with one attached hydrogen (secondary N) is 1. The average molecular weight is 371 g/mol. The highest BCUT2D eigenvalue weighted by Crippen LogP contribution is 2.21. The van der Waals surface area contributed by atoms with E-state index in [2.05, 4.69) is 27.3 Å². The lowest BCUT2D eigenvalue weighted by Gasteiger charge is -2.17. The van der Waals surface area contributed by atoms with Crippen LogP contribution in [0.1, 0.15) is 11.1 Å². The van der Waals surface area contributed by atoms with Gasteiger partial charge in [-0.15, -0.1) is 0 Å². The van der Waals surface area contributed by atoms with Crippen LogP contribution in [-0.4, -0.2) is 13.6 Å². The van der Waals surface area contributed by atoms with Crippen molar-refractivity contribution in [2.75, 3.05) is 13.6 Å². The largest absolute Gasteiger partial charge is 0.319 e. The molecule has 0 aliphatic carbocycles. The molecule has 0 bridgehead atoms. The number of halogens is 3. The van der Waals surface area contributed by atoms with Crippen LogP contribution >= 0.6 is 27.5 Å². The maximum absolute atomic E-state index is 13.9. The van der Waals surface area contributed by atoms with E-state index in [0.717, 1.165) is 28.0 Å². The Balaban J connectivity index is 2.13. The van der Waals surface area contributed by atoms with E-state index in [1.165, 1.54) is 11.6 Å². The van der Waals surface area contributed by atoms with Crippen LogP contribution in [0.4, 0.5) is 4.39 Å². The molecule has 4 heteroatoms. The summed E-state index contributed by atoms with van der Waals surface area (Å²) in [6, 6.07) is 12.9. The van der Waals surface area contributed by atoms with Crippen molar-refractivity contribution in [3.8, 4) is 0 Å². The second-order valence-corrected chi connectivity index (χ2v) is 6.55. The van der Waals surface area contributed by atoms with E-state index in [4.69, 9.17) is 11.6 Å². The summed E-state index contributed by atoms with van der Waals surface area (Å²) in [5.41, 5.74) is 1.92. The predicted molar refractivity (Wildman–Crippen MR) is 90.4 cm³/mol. The van der Waals surface area contributed by atoms with Crippen molar-refractivity contribution in [2.24, 2.45) is 5.92 Å². The topological polar surface area (TPSA) is 12.0 Å². The van der Waals surface area contributed by atoms with Crippen LogP contribution < -0.4 is 5.32 Å². The Morgan fingerprint density at radius 1 is 1.19 bits per heavy atom. The molecule has 2 rings (SSSR count). The lowest BCUT2D eigenvalue weighted by molar-refractivity contribution is 0.479. The fourth-order valence-corrected chi connectivity index (χ4v) is 3.13. The number of rotatable bonds is 6. The minimum absolute atomic E-state index is 0.148. The zero-order valence-electron chi connectivity index (χ0n) is 11.9. The first-order valence-electron chi connectivity index (χ1n) is 6.91. The van der Waals surface area contributed by atoms with E-state index < -0.39 is 0 Å². The molecular formula is C17H18BrClFN. The Kier molecular flexibility index (Phi) is 6.22. The van der Waals surface area contributed by atoms with Crippen LogP contribution in [0, 0.1) is 11.7 Å². The van der Waals surface area contributed by atoms with Gasteiger partial charge in [-0.3, -0.25) is 0 Å². The van der Waals surface area contributed by atoms with E-state index in [-0.39, 0.29) is 5.82 Å². The first-order chi connectivity index (χ1) is 10.1. The quantitative estimate of drug-likeness (QED) is 0.765. The second kappa shape index (κ2) is 7.92. The van der Waals surface area contributed by atoms with Gasteiger partial charge in [0.25, 0.3) is 0 Å². The zero-order chi connectivity index (χ0) is 15.2. The van der Waals surface area contributed by atoms with Gasteiger partial charge in [-0.1, -0.05) is 39.7 Å². The van der Waals surface area contributed by atoms with Crippen molar-refractivity contribution in [3.05, 3.63) is 68.9 Å². The van der Waals surface area contributed by atoms with Crippen molar-refractivity contribution < 1.29 is 4.39 Å². The number of hydrogen-bond acceptors (Lipinski definition) is 1.